The second kappa shape index (κ2) is 6.86. The second-order valence-electron chi connectivity index (χ2n) is 4.88. The first-order valence-electron chi connectivity index (χ1n) is 6.87. The number of aromatic nitrogens is 1. The summed E-state index contributed by atoms with van der Waals surface area (Å²) in [6.45, 7) is 1.85. The molecule has 0 radical (unpaired) electrons. The fourth-order valence-corrected chi connectivity index (χ4v) is 1.72. The average molecular weight is 286 g/mol. The molecule has 1 atom stereocenters. The highest BCUT2D eigenvalue weighted by Crippen LogP contribution is 2.18. The quantitative estimate of drug-likeness (QED) is 0.667. The lowest BCUT2D eigenvalue weighted by Crippen LogP contribution is -2.45. The molecule has 1 aliphatic rings. The summed E-state index contributed by atoms with van der Waals surface area (Å²) in [5.74, 6) is 4.88. The van der Waals surface area contributed by atoms with Gasteiger partial charge in [-0.2, -0.15) is 0 Å². The number of pyridine rings is 1. The lowest BCUT2D eigenvalue weighted by molar-refractivity contribution is -0.122. The standard InChI is InChI=1S/C15H18N4O2/c1-10(14(20)19-12-6-7-12)18-15(21)13-11(4-2-8-16)5-3-9-17-13/h3,5,9-10,12H,6-8,16H2,1H3,(H,18,21)(H,19,20). The molecule has 1 aromatic heterocycles. The van der Waals surface area contributed by atoms with Crippen molar-refractivity contribution in [2.24, 2.45) is 5.73 Å². The Morgan fingerprint density at radius 1 is 1.52 bits per heavy atom. The summed E-state index contributed by atoms with van der Waals surface area (Å²) in [4.78, 5) is 28.0. The molecule has 21 heavy (non-hydrogen) atoms. The molecule has 1 heterocycles. The molecule has 1 saturated carbocycles. The Balaban J connectivity index is 2.03. The highest BCUT2D eigenvalue weighted by atomic mass is 16.2. The Bertz CT molecular complexity index is 599. The minimum absolute atomic E-state index is 0.184. The molecule has 6 nitrogen and oxygen atoms in total. The number of nitrogens with zero attached hydrogens (tertiary/aromatic N) is 1. The van der Waals surface area contributed by atoms with E-state index in [2.05, 4.69) is 27.5 Å². The van der Waals surface area contributed by atoms with Crippen molar-refractivity contribution in [3.05, 3.63) is 29.6 Å². The molecule has 4 N–H and O–H groups in total. The van der Waals surface area contributed by atoms with Crippen LogP contribution in [0.2, 0.25) is 0 Å². The van der Waals surface area contributed by atoms with E-state index in [9.17, 15) is 9.59 Å². The van der Waals surface area contributed by atoms with Crippen LogP contribution in [0.5, 0.6) is 0 Å². The molecule has 0 spiro atoms. The molecule has 6 heteroatoms. The Kier molecular flexibility index (Phi) is 4.90. The molecule has 0 aliphatic heterocycles. The smallest absolute Gasteiger partial charge is 0.271 e. The highest BCUT2D eigenvalue weighted by Gasteiger charge is 2.26. The molecule has 0 bridgehead atoms. The Hall–Kier alpha value is -2.39. The van der Waals surface area contributed by atoms with E-state index < -0.39 is 11.9 Å². The lowest BCUT2D eigenvalue weighted by Gasteiger charge is -2.14. The molecule has 1 aromatic rings. The molecular weight excluding hydrogens is 268 g/mol. The maximum Gasteiger partial charge on any atom is 0.271 e. The van der Waals surface area contributed by atoms with Crippen LogP contribution in [-0.4, -0.2) is 35.4 Å². The summed E-state index contributed by atoms with van der Waals surface area (Å²) in [6, 6.07) is 3.04. The molecule has 1 aliphatic carbocycles. The van der Waals surface area contributed by atoms with Gasteiger partial charge >= 0.3 is 0 Å². The van der Waals surface area contributed by atoms with Crippen LogP contribution in [0.15, 0.2) is 18.3 Å². The van der Waals surface area contributed by atoms with Gasteiger partial charge in [0, 0.05) is 12.2 Å². The third kappa shape index (κ3) is 4.29. The minimum Gasteiger partial charge on any atom is -0.352 e. The van der Waals surface area contributed by atoms with Crippen molar-refractivity contribution in [1.29, 1.82) is 0 Å². The van der Waals surface area contributed by atoms with Crippen molar-refractivity contribution in [3.8, 4) is 11.8 Å². The monoisotopic (exact) mass is 286 g/mol. The van der Waals surface area contributed by atoms with Gasteiger partial charge in [0.05, 0.1) is 12.1 Å². The molecule has 0 aromatic carbocycles. The maximum atomic E-state index is 12.2. The van der Waals surface area contributed by atoms with Crippen molar-refractivity contribution < 1.29 is 9.59 Å². The summed E-state index contributed by atoms with van der Waals surface area (Å²) in [7, 11) is 0. The fourth-order valence-electron chi connectivity index (χ4n) is 1.72. The van der Waals surface area contributed by atoms with Gasteiger partial charge in [0.15, 0.2) is 0 Å². The van der Waals surface area contributed by atoms with E-state index >= 15 is 0 Å². The minimum atomic E-state index is -0.615. The third-order valence-corrected chi connectivity index (χ3v) is 3.01. The first-order valence-corrected chi connectivity index (χ1v) is 6.87. The normalized spacial score (nSPS) is 14.6. The number of nitrogens with two attached hydrogens (primary N) is 1. The molecule has 0 saturated heterocycles. The zero-order valence-electron chi connectivity index (χ0n) is 11.8. The van der Waals surface area contributed by atoms with Crippen molar-refractivity contribution in [2.75, 3.05) is 6.54 Å². The highest BCUT2D eigenvalue weighted by molar-refractivity contribution is 5.97. The predicted octanol–water partition coefficient (Wildman–Crippen LogP) is -0.211. The van der Waals surface area contributed by atoms with Crippen molar-refractivity contribution in [3.63, 3.8) is 0 Å². The summed E-state index contributed by atoms with van der Waals surface area (Å²) in [6.07, 6.45) is 3.52. The molecule has 1 fully saturated rings. The van der Waals surface area contributed by atoms with Crippen LogP contribution in [0.4, 0.5) is 0 Å². The topological polar surface area (TPSA) is 97.1 Å². The van der Waals surface area contributed by atoms with Gasteiger partial charge in [-0.1, -0.05) is 11.8 Å². The number of hydrogen-bond acceptors (Lipinski definition) is 4. The van der Waals surface area contributed by atoms with Crippen molar-refractivity contribution in [1.82, 2.24) is 15.6 Å². The van der Waals surface area contributed by atoms with Gasteiger partial charge in [0.25, 0.3) is 5.91 Å². The van der Waals surface area contributed by atoms with Gasteiger partial charge in [-0.25, -0.2) is 4.98 Å². The van der Waals surface area contributed by atoms with E-state index in [1.807, 2.05) is 0 Å². The van der Waals surface area contributed by atoms with E-state index in [1.54, 1.807) is 19.1 Å². The zero-order chi connectivity index (χ0) is 15.2. The van der Waals surface area contributed by atoms with Crippen LogP contribution in [0.3, 0.4) is 0 Å². The lowest BCUT2D eigenvalue weighted by atomic mass is 10.1. The van der Waals surface area contributed by atoms with Gasteiger partial charge in [-0.05, 0) is 31.9 Å². The number of hydrogen-bond donors (Lipinski definition) is 3. The van der Waals surface area contributed by atoms with Crippen molar-refractivity contribution >= 4 is 11.8 Å². The maximum absolute atomic E-state index is 12.2. The van der Waals surface area contributed by atoms with Crippen LogP contribution in [0, 0.1) is 11.8 Å². The zero-order valence-corrected chi connectivity index (χ0v) is 11.8. The van der Waals surface area contributed by atoms with Crippen LogP contribution in [-0.2, 0) is 4.79 Å². The molecule has 2 rings (SSSR count). The first kappa shape index (κ1) is 15.0. The summed E-state index contributed by atoms with van der Waals surface area (Å²) in [5, 5.41) is 5.47. The Morgan fingerprint density at radius 3 is 2.95 bits per heavy atom. The van der Waals surface area contributed by atoms with Gasteiger partial charge in [-0.15, -0.1) is 0 Å². The van der Waals surface area contributed by atoms with Gasteiger partial charge in [-0.3, -0.25) is 9.59 Å². The van der Waals surface area contributed by atoms with E-state index in [4.69, 9.17) is 5.73 Å². The number of amides is 2. The van der Waals surface area contributed by atoms with Crippen molar-refractivity contribution in [2.45, 2.75) is 31.8 Å². The molecule has 1 unspecified atom stereocenters. The average Bonchev–Trinajstić information content (AvgIpc) is 3.29. The first-order chi connectivity index (χ1) is 10.1. The number of carbonyl (C=O) groups is 2. The second-order valence-corrected chi connectivity index (χ2v) is 4.88. The Labute approximate surface area is 123 Å². The third-order valence-electron chi connectivity index (χ3n) is 3.01. The molecule has 110 valence electrons. The Morgan fingerprint density at radius 2 is 2.29 bits per heavy atom. The number of rotatable bonds is 4. The van der Waals surface area contributed by atoms with Gasteiger partial charge < -0.3 is 16.4 Å². The fraction of sp³-hybridized carbons (Fsp3) is 0.400. The summed E-state index contributed by atoms with van der Waals surface area (Å²) in [5.41, 5.74) is 6.02. The molecular formula is C15H18N4O2. The van der Waals surface area contributed by atoms with Crippen LogP contribution < -0.4 is 16.4 Å². The largest absolute Gasteiger partial charge is 0.352 e. The van der Waals surface area contributed by atoms with Crippen LogP contribution >= 0.6 is 0 Å². The van der Waals surface area contributed by atoms with E-state index in [0.717, 1.165) is 12.8 Å². The molecule has 2 amide bonds. The predicted molar refractivity (Wildman–Crippen MR) is 78.3 cm³/mol. The van der Waals surface area contributed by atoms with Crippen LogP contribution in [0.1, 0.15) is 35.8 Å². The van der Waals surface area contributed by atoms with E-state index in [0.29, 0.717) is 5.56 Å². The van der Waals surface area contributed by atoms with Gasteiger partial charge in [0.1, 0.15) is 11.7 Å². The van der Waals surface area contributed by atoms with E-state index in [1.165, 1.54) is 6.20 Å². The summed E-state index contributed by atoms with van der Waals surface area (Å²) < 4.78 is 0. The van der Waals surface area contributed by atoms with Gasteiger partial charge in [0.2, 0.25) is 5.91 Å². The number of carbonyl (C=O) groups excluding carboxylic acids is 2. The van der Waals surface area contributed by atoms with E-state index in [-0.39, 0.29) is 24.2 Å². The van der Waals surface area contributed by atoms with Crippen LogP contribution in [0.25, 0.3) is 0 Å². The number of nitrogens with one attached hydrogen (secondary N) is 2. The summed E-state index contributed by atoms with van der Waals surface area (Å²) >= 11 is 0. The SMILES string of the molecule is CC(NC(=O)c1ncccc1C#CCN)C(=O)NC1CC1.